The molecule has 0 bridgehead atoms. The van der Waals surface area contributed by atoms with Crippen LogP contribution < -0.4 is 15.0 Å². The second kappa shape index (κ2) is 10.2. The first-order chi connectivity index (χ1) is 15.6. The highest BCUT2D eigenvalue weighted by atomic mass is 16.5. The molecule has 4 rings (SSSR count). The number of benzene rings is 2. The summed E-state index contributed by atoms with van der Waals surface area (Å²) in [6.07, 6.45) is 0. The standard InChI is InChI=1S/C24H31N7O/c1-19-27-28-23(29(19)2)18-26-24(25-17-20-8-5-4-6-9-20)31-14-12-30(13-15-31)21-10-7-11-22(16-21)32-3/h4-11,16H,12-15,17-18H2,1-3H3,(H,25,26). The molecule has 1 saturated heterocycles. The molecular formula is C24H31N7O. The van der Waals surface area contributed by atoms with Gasteiger partial charge in [-0.25, -0.2) is 4.99 Å². The Kier molecular flexibility index (Phi) is 6.89. The lowest BCUT2D eigenvalue weighted by Crippen LogP contribution is -2.52. The van der Waals surface area contributed by atoms with E-state index in [1.165, 1.54) is 11.3 Å². The zero-order valence-electron chi connectivity index (χ0n) is 19.0. The summed E-state index contributed by atoms with van der Waals surface area (Å²) in [5, 5.41) is 12.0. The maximum atomic E-state index is 5.39. The lowest BCUT2D eigenvalue weighted by Gasteiger charge is -2.37. The number of rotatable bonds is 6. The van der Waals surface area contributed by atoms with Crippen molar-refractivity contribution < 1.29 is 4.74 Å². The Hall–Kier alpha value is -3.55. The van der Waals surface area contributed by atoms with Gasteiger partial charge in [0, 0.05) is 45.0 Å². The highest BCUT2D eigenvalue weighted by Crippen LogP contribution is 2.22. The normalized spacial score (nSPS) is 14.5. The van der Waals surface area contributed by atoms with Crippen LogP contribution in [0.15, 0.2) is 59.6 Å². The van der Waals surface area contributed by atoms with E-state index < -0.39 is 0 Å². The minimum atomic E-state index is 0.584. The van der Waals surface area contributed by atoms with Crippen LogP contribution in [0.1, 0.15) is 17.2 Å². The molecule has 0 radical (unpaired) electrons. The lowest BCUT2D eigenvalue weighted by atomic mass is 10.2. The number of anilines is 1. The van der Waals surface area contributed by atoms with E-state index in [0.717, 1.165) is 49.5 Å². The fourth-order valence-corrected chi connectivity index (χ4v) is 3.76. The van der Waals surface area contributed by atoms with Gasteiger partial charge in [0.1, 0.15) is 11.6 Å². The summed E-state index contributed by atoms with van der Waals surface area (Å²) in [6, 6.07) is 18.6. The van der Waals surface area contributed by atoms with Gasteiger partial charge in [-0.1, -0.05) is 36.4 Å². The number of aryl methyl sites for hydroxylation is 1. The summed E-state index contributed by atoms with van der Waals surface area (Å²) >= 11 is 0. The fraction of sp³-hybridized carbons (Fsp3) is 0.375. The Morgan fingerprint density at radius 2 is 1.81 bits per heavy atom. The topological polar surface area (TPSA) is 70.8 Å². The smallest absolute Gasteiger partial charge is 0.194 e. The van der Waals surface area contributed by atoms with Crippen LogP contribution in [0.4, 0.5) is 5.69 Å². The average Bonchev–Trinajstić information content (AvgIpc) is 3.17. The summed E-state index contributed by atoms with van der Waals surface area (Å²) in [4.78, 5) is 9.64. The van der Waals surface area contributed by atoms with Crippen molar-refractivity contribution in [2.24, 2.45) is 12.0 Å². The minimum absolute atomic E-state index is 0.584. The third kappa shape index (κ3) is 5.19. The van der Waals surface area contributed by atoms with Crippen molar-refractivity contribution in [2.75, 3.05) is 38.2 Å². The molecule has 0 spiro atoms. The average molecular weight is 434 g/mol. The van der Waals surface area contributed by atoms with Crippen LogP contribution in [0, 0.1) is 6.92 Å². The molecule has 2 heterocycles. The zero-order valence-corrected chi connectivity index (χ0v) is 19.0. The number of nitrogens with zero attached hydrogens (tertiary/aromatic N) is 6. The molecule has 168 valence electrons. The molecule has 1 aliphatic heterocycles. The Morgan fingerprint density at radius 3 is 2.50 bits per heavy atom. The molecule has 1 aromatic heterocycles. The van der Waals surface area contributed by atoms with E-state index in [2.05, 4.69) is 49.6 Å². The van der Waals surface area contributed by atoms with Gasteiger partial charge in [0.05, 0.1) is 20.2 Å². The Labute approximate surface area is 189 Å². The van der Waals surface area contributed by atoms with Crippen LogP contribution in [0.2, 0.25) is 0 Å². The zero-order chi connectivity index (χ0) is 22.3. The number of piperazine rings is 1. The van der Waals surface area contributed by atoms with E-state index in [1.807, 2.05) is 48.9 Å². The summed E-state index contributed by atoms with van der Waals surface area (Å²) < 4.78 is 7.39. The molecule has 32 heavy (non-hydrogen) atoms. The summed E-state index contributed by atoms with van der Waals surface area (Å²) in [5.41, 5.74) is 2.38. The van der Waals surface area contributed by atoms with E-state index in [9.17, 15) is 0 Å². The third-order valence-corrected chi connectivity index (χ3v) is 5.84. The molecule has 0 unspecified atom stereocenters. The van der Waals surface area contributed by atoms with E-state index in [0.29, 0.717) is 13.1 Å². The predicted octanol–water partition coefficient (Wildman–Crippen LogP) is 2.60. The molecule has 8 heteroatoms. The van der Waals surface area contributed by atoms with Gasteiger partial charge >= 0.3 is 0 Å². The van der Waals surface area contributed by atoms with Gasteiger partial charge in [-0.05, 0) is 24.6 Å². The van der Waals surface area contributed by atoms with Gasteiger partial charge in [-0.3, -0.25) is 0 Å². The number of methoxy groups -OCH3 is 1. The number of hydrogen-bond acceptors (Lipinski definition) is 5. The van der Waals surface area contributed by atoms with Crippen LogP contribution in [0.5, 0.6) is 5.75 Å². The molecule has 1 fully saturated rings. The van der Waals surface area contributed by atoms with Crippen LogP contribution in [0.3, 0.4) is 0 Å². The molecule has 0 amide bonds. The monoisotopic (exact) mass is 433 g/mol. The number of aromatic nitrogens is 3. The first-order valence-corrected chi connectivity index (χ1v) is 10.9. The molecule has 0 saturated carbocycles. The Balaban J connectivity index is 1.45. The van der Waals surface area contributed by atoms with Crippen molar-refractivity contribution in [2.45, 2.75) is 20.0 Å². The highest BCUT2D eigenvalue weighted by molar-refractivity contribution is 5.80. The van der Waals surface area contributed by atoms with Crippen molar-refractivity contribution in [3.8, 4) is 5.75 Å². The highest BCUT2D eigenvalue weighted by Gasteiger charge is 2.21. The van der Waals surface area contributed by atoms with Gasteiger partial charge in [-0.2, -0.15) is 0 Å². The second-order valence-electron chi connectivity index (χ2n) is 7.88. The molecule has 0 atom stereocenters. The maximum Gasteiger partial charge on any atom is 0.194 e. The van der Waals surface area contributed by atoms with E-state index in [4.69, 9.17) is 9.73 Å². The summed E-state index contributed by atoms with van der Waals surface area (Å²) in [7, 11) is 3.69. The third-order valence-electron chi connectivity index (χ3n) is 5.84. The fourth-order valence-electron chi connectivity index (χ4n) is 3.76. The maximum absolute atomic E-state index is 5.39. The molecule has 8 nitrogen and oxygen atoms in total. The second-order valence-corrected chi connectivity index (χ2v) is 7.88. The number of nitrogens with one attached hydrogen (secondary N) is 1. The quantitative estimate of drug-likeness (QED) is 0.476. The first kappa shape index (κ1) is 21.7. The van der Waals surface area contributed by atoms with Gasteiger partial charge in [0.15, 0.2) is 11.8 Å². The molecule has 2 aromatic carbocycles. The van der Waals surface area contributed by atoms with E-state index in [1.54, 1.807) is 7.11 Å². The molecular weight excluding hydrogens is 402 g/mol. The Bertz CT molecular complexity index is 1040. The summed E-state index contributed by atoms with van der Waals surface area (Å²) in [5.74, 6) is 3.58. The van der Waals surface area contributed by atoms with Crippen molar-refractivity contribution >= 4 is 11.6 Å². The van der Waals surface area contributed by atoms with Gasteiger partial charge < -0.3 is 24.4 Å². The van der Waals surface area contributed by atoms with E-state index in [-0.39, 0.29) is 0 Å². The van der Waals surface area contributed by atoms with Crippen molar-refractivity contribution in [1.29, 1.82) is 0 Å². The number of ether oxygens (including phenoxy) is 1. The van der Waals surface area contributed by atoms with Crippen LogP contribution in [0.25, 0.3) is 0 Å². The van der Waals surface area contributed by atoms with Gasteiger partial charge in [0.25, 0.3) is 0 Å². The number of guanidine groups is 1. The van der Waals surface area contributed by atoms with Crippen molar-refractivity contribution in [3.05, 3.63) is 71.8 Å². The molecule has 1 N–H and O–H groups in total. The SMILES string of the molecule is COc1cccc(N2CCN(C(=NCc3ccccc3)NCc3nnc(C)n3C)CC2)c1. The van der Waals surface area contributed by atoms with E-state index >= 15 is 0 Å². The van der Waals surface area contributed by atoms with Crippen LogP contribution in [-0.2, 0) is 20.1 Å². The molecule has 0 aliphatic carbocycles. The van der Waals surface area contributed by atoms with Gasteiger partial charge in [-0.15, -0.1) is 10.2 Å². The number of hydrogen-bond donors (Lipinski definition) is 1. The predicted molar refractivity (Wildman–Crippen MR) is 127 cm³/mol. The Morgan fingerprint density at radius 1 is 1.03 bits per heavy atom. The van der Waals surface area contributed by atoms with Crippen LogP contribution >= 0.6 is 0 Å². The summed E-state index contributed by atoms with van der Waals surface area (Å²) in [6.45, 7) is 6.78. The van der Waals surface area contributed by atoms with Gasteiger partial charge in [0.2, 0.25) is 0 Å². The van der Waals surface area contributed by atoms with Crippen molar-refractivity contribution in [1.82, 2.24) is 25.0 Å². The minimum Gasteiger partial charge on any atom is -0.497 e. The van der Waals surface area contributed by atoms with Crippen LogP contribution in [-0.4, -0.2) is 58.9 Å². The van der Waals surface area contributed by atoms with Crippen molar-refractivity contribution in [3.63, 3.8) is 0 Å². The lowest BCUT2D eigenvalue weighted by molar-refractivity contribution is 0.370. The molecule has 1 aliphatic rings. The molecule has 3 aromatic rings. The largest absolute Gasteiger partial charge is 0.497 e. The number of aliphatic imine (C=N–C) groups is 1. The first-order valence-electron chi connectivity index (χ1n) is 10.9.